The van der Waals surface area contributed by atoms with E-state index in [-0.39, 0.29) is 17.6 Å². The maximum Gasteiger partial charge on any atom is 0.254 e. The smallest absolute Gasteiger partial charge is 0.254 e. The summed E-state index contributed by atoms with van der Waals surface area (Å²) in [6.45, 7) is 4.00. The third-order valence-corrected chi connectivity index (χ3v) is 4.95. The van der Waals surface area contributed by atoms with E-state index in [0.717, 1.165) is 31.4 Å². The fourth-order valence-corrected chi connectivity index (χ4v) is 3.43. The minimum atomic E-state index is -0.613. The zero-order chi connectivity index (χ0) is 22.2. The summed E-state index contributed by atoms with van der Waals surface area (Å²) in [6.07, 6.45) is 8.81. The Labute approximate surface area is 181 Å². The fraction of sp³-hybridized carbons (Fsp3) is 0.381. The lowest BCUT2D eigenvalue weighted by Crippen LogP contribution is -2.43. The molecular formula is C21H29N9O. The average Bonchev–Trinajstić information content (AvgIpc) is 3.32. The van der Waals surface area contributed by atoms with Crippen LogP contribution in [-0.2, 0) is 0 Å². The molecule has 1 aliphatic rings. The summed E-state index contributed by atoms with van der Waals surface area (Å²) in [7, 11) is 0. The molecule has 0 radical (unpaired) electrons. The number of nitrogens with two attached hydrogens (primary N) is 2. The molecule has 2 heterocycles. The summed E-state index contributed by atoms with van der Waals surface area (Å²) in [5, 5.41) is 14.7. The van der Waals surface area contributed by atoms with Gasteiger partial charge in [0.05, 0.1) is 18.1 Å². The van der Waals surface area contributed by atoms with E-state index in [9.17, 15) is 4.79 Å². The highest BCUT2D eigenvalue weighted by Gasteiger charge is 2.23. The standard InChI is InChI=1S/C19H23N9O.C2H6/c20-15-6-1-2-7-16(15)26-19-22-11-14(17(21)29)18(27-19)25-12-4-3-5-13(10-12)28-23-8-9-24-28;1-2/h3-5,8-11,15-16H,1-2,6-7,20H2,(H2,21,29)(H2,22,25,26,27);1-2H3. The van der Waals surface area contributed by atoms with Crippen molar-refractivity contribution in [3.8, 4) is 5.69 Å². The van der Waals surface area contributed by atoms with Crippen molar-refractivity contribution in [1.29, 1.82) is 0 Å². The van der Waals surface area contributed by atoms with Crippen LogP contribution in [0.3, 0.4) is 0 Å². The number of nitrogens with one attached hydrogen (secondary N) is 2. The molecule has 2 aromatic heterocycles. The van der Waals surface area contributed by atoms with Gasteiger partial charge in [0.1, 0.15) is 11.4 Å². The minimum Gasteiger partial charge on any atom is -0.365 e. The van der Waals surface area contributed by atoms with Crippen LogP contribution in [0.2, 0.25) is 0 Å². The van der Waals surface area contributed by atoms with Crippen molar-refractivity contribution < 1.29 is 4.79 Å². The van der Waals surface area contributed by atoms with E-state index in [4.69, 9.17) is 11.5 Å². The van der Waals surface area contributed by atoms with E-state index in [0.29, 0.717) is 17.5 Å². The van der Waals surface area contributed by atoms with E-state index in [2.05, 4.69) is 30.8 Å². The first-order chi connectivity index (χ1) is 15.1. The monoisotopic (exact) mass is 423 g/mol. The van der Waals surface area contributed by atoms with E-state index in [1.165, 1.54) is 11.0 Å². The van der Waals surface area contributed by atoms with Gasteiger partial charge >= 0.3 is 0 Å². The van der Waals surface area contributed by atoms with Crippen LogP contribution in [0, 0.1) is 0 Å². The topological polar surface area (TPSA) is 150 Å². The maximum atomic E-state index is 11.9. The molecule has 10 nitrogen and oxygen atoms in total. The van der Waals surface area contributed by atoms with Gasteiger partial charge in [0.2, 0.25) is 5.95 Å². The lowest BCUT2D eigenvalue weighted by Gasteiger charge is -2.29. The van der Waals surface area contributed by atoms with Gasteiger partial charge in [0, 0.05) is 24.0 Å². The van der Waals surface area contributed by atoms with E-state index in [1.54, 1.807) is 12.4 Å². The molecule has 2 atom stereocenters. The Balaban J connectivity index is 0.00000132. The molecule has 10 heteroatoms. The Morgan fingerprint density at radius 3 is 2.61 bits per heavy atom. The van der Waals surface area contributed by atoms with Crippen molar-refractivity contribution >= 4 is 23.4 Å². The third-order valence-electron chi connectivity index (χ3n) is 4.95. The second-order valence-corrected chi connectivity index (χ2v) is 7.01. The third kappa shape index (κ3) is 5.54. The van der Waals surface area contributed by atoms with Crippen molar-refractivity contribution in [2.75, 3.05) is 10.6 Å². The summed E-state index contributed by atoms with van der Waals surface area (Å²) in [5.41, 5.74) is 13.4. The number of anilines is 3. The van der Waals surface area contributed by atoms with Crippen molar-refractivity contribution in [3.63, 3.8) is 0 Å². The normalized spacial score (nSPS) is 17.9. The highest BCUT2D eigenvalue weighted by molar-refractivity contribution is 5.98. The number of amides is 1. The second-order valence-electron chi connectivity index (χ2n) is 7.01. The Kier molecular flexibility index (Phi) is 7.50. The van der Waals surface area contributed by atoms with E-state index >= 15 is 0 Å². The predicted molar refractivity (Wildman–Crippen MR) is 120 cm³/mol. The molecule has 4 rings (SSSR count). The summed E-state index contributed by atoms with van der Waals surface area (Å²) in [5.74, 6) is 0.119. The fourth-order valence-electron chi connectivity index (χ4n) is 3.43. The van der Waals surface area contributed by atoms with Gasteiger partial charge in [-0.1, -0.05) is 32.8 Å². The molecule has 0 bridgehead atoms. The van der Waals surface area contributed by atoms with Gasteiger partial charge in [-0.15, -0.1) is 0 Å². The van der Waals surface area contributed by atoms with E-state index < -0.39 is 5.91 Å². The van der Waals surface area contributed by atoms with E-state index in [1.807, 2.05) is 38.1 Å². The Morgan fingerprint density at radius 1 is 1.16 bits per heavy atom. The highest BCUT2D eigenvalue weighted by atomic mass is 16.1. The van der Waals surface area contributed by atoms with Crippen LogP contribution >= 0.6 is 0 Å². The largest absolute Gasteiger partial charge is 0.365 e. The Morgan fingerprint density at radius 2 is 1.90 bits per heavy atom. The van der Waals surface area contributed by atoms with Gasteiger partial charge in [-0.25, -0.2) is 4.98 Å². The molecule has 6 N–H and O–H groups in total. The number of aromatic nitrogens is 5. The summed E-state index contributed by atoms with van der Waals surface area (Å²) < 4.78 is 0. The molecule has 164 valence electrons. The number of benzene rings is 1. The number of nitrogens with zero attached hydrogens (tertiary/aromatic N) is 5. The first-order valence-electron chi connectivity index (χ1n) is 10.5. The molecule has 0 aliphatic heterocycles. The van der Waals surface area contributed by atoms with Crippen LogP contribution < -0.4 is 22.1 Å². The van der Waals surface area contributed by atoms with Gasteiger partial charge in [-0.2, -0.15) is 20.0 Å². The van der Waals surface area contributed by atoms with Crippen molar-refractivity contribution in [2.24, 2.45) is 11.5 Å². The quantitative estimate of drug-likeness (QED) is 0.472. The van der Waals surface area contributed by atoms with Crippen molar-refractivity contribution in [3.05, 3.63) is 48.4 Å². The Bertz CT molecular complexity index is 990. The molecule has 2 unspecified atom stereocenters. The van der Waals surface area contributed by atoms with Crippen molar-refractivity contribution in [1.82, 2.24) is 25.0 Å². The van der Waals surface area contributed by atoms with Crippen molar-refractivity contribution in [2.45, 2.75) is 51.6 Å². The van der Waals surface area contributed by atoms with Gasteiger partial charge in [-0.3, -0.25) is 4.79 Å². The number of hydrogen-bond donors (Lipinski definition) is 4. The number of primary amides is 1. The lowest BCUT2D eigenvalue weighted by molar-refractivity contribution is 0.100. The molecule has 1 saturated carbocycles. The molecule has 1 amide bonds. The molecule has 3 aromatic rings. The average molecular weight is 424 g/mol. The molecule has 0 spiro atoms. The zero-order valence-electron chi connectivity index (χ0n) is 17.8. The first-order valence-corrected chi connectivity index (χ1v) is 10.5. The summed E-state index contributed by atoms with van der Waals surface area (Å²) in [6, 6.07) is 7.58. The van der Waals surface area contributed by atoms with Crippen LogP contribution in [0.5, 0.6) is 0 Å². The second kappa shape index (κ2) is 10.5. The van der Waals surface area contributed by atoms with Gasteiger partial charge in [0.25, 0.3) is 5.91 Å². The van der Waals surface area contributed by atoms with Crippen LogP contribution in [0.25, 0.3) is 5.69 Å². The van der Waals surface area contributed by atoms with Crippen LogP contribution in [0.1, 0.15) is 49.9 Å². The molecule has 0 saturated heterocycles. The Hall–Kier alpha value is -3.53. The molecule has 31 heavy (non-hydrogen) atoms. The molecule has 1 fully saturated rings. The first kappa shape index (κ1) is 22.2. The van der Waals surface area contributed by atoms with Crippen LogP contribution in [0.15, 0.2) is 42.9 Å². The van der Waals surface area contributed by atoms with Gasteiger partial charge in [-0.05, 0) is 31.0 Å². The number of carbonyl (C=O) groups is 1. The van der Waals surface area contributed by atoms with Crippen LogP contribution in [-0.4, -0.2) is 43.0 Å². The highest BCUT2D eigenvalue weighted by Crippen LogP contribution is 2.24. The molecular weight excluding hydrogens is 394 g/mol. The molecule has 1 aliphatic carbocycles. The summed E-state index contributed by atoms with van der Waals surface area (Å²) in [4.78, 5) is 22.1. The summed E-state index contributed by atoms with van der Waals surface area (Å²) >= 11 is 0. The number of hydrogen-bond acceptors (Lipinski definition) is 8. The minimum absolute atomic E-state index is 0.0535. The lowest BCUT2D eigenvalue weighted by atomic mass is 9.91. The van der Waals surface area contributed by atoms with Gasteiger partial charge < -0.3 is 22.1 Å². The molecule has 1 aromatic carbocycles. The SMILES string of the molecule is CC.NC(=O)c1cnc(NC2CCCCC2N)nc1Nc1cccc(-n2nccn2)c1. The number of carbonyl (C=O) groups excluding carboxylic acids is 1. The zero-order valence-corrected chi connectivity index (χ0v) is 17.8. The predicted octanol–water partition coefficient (Wildman–Crippen LogP) is 2.61. The number of rotatable bonds is 6. The van der Waals surface area contributed by atoms with Crippen LogP contribution in [0.4, 0.5) is 17.5 Å². The van der Waals surface area contributed by atoms with Gasteiger partial charge in [0.15, 0.2) is 0 Å². The maximum absolute atomic E-state index is 11.9.